The summed E-state index contributed by atoms with van der Waals surface area (Å²) in [5, 5.41) is 12.8. The summed E-state index contributed by atoms with van der Waals surface area (Å²) in [5.74, 6) is 0.876. The third-order valence-electron chi connectivity index (χ3n) is 3.50. The van der Waals surface area contributed by atoms with E-state index in [1.807, 2.05) is 0 Å². The molecule has 0 radical (unpaired) electrons. The third-order valence-corrected chi connectivity index (χ3v) is 3.50. The van der Waals surface area contributed by atoms with Crippen LogP contribution >= 0.6 is 24.8 Å². The molecule has 2 atom stereocenters. The summed E-state index contributed by atoms with van der Waals surface area (Å²) in [7, 11) is 0. The highest BCUT2D eigenvalue weighted by molar-refractivity contribution is 5.85. The second-order valence-electron chi connectivity index (χ2n) is 4.74. The topological polar surface area (TPSA) is 35.5 Å². The van der Waals surface area contributed by atoms with Crippen molar-refractivity contribution in [2.75, 3.05) is 32.7 Å². The highest BCUT2D eigenvalue weighted by Gasteiger charge is 2.21. The van der Waals surface area contributed by atoms with Crippen LogP contribution in [0.25, 0.3) is 0 Å². The molecule has 2 N–H and O–H groups in total. The zero-order valence-electron chi connectivity index (χ0n) is 9.73. The second-order valence-corrected chi connectivity index (χ2v) is 4.74. The molecular weight excluding hydrogens is 247 g/mol. The van der Waals surface area contributed by atoms with Crippen molar-refractivity contribution in [3.63, 3.8) is 0 Å². The first-order valence-corrected chi connectivity index (χ1v) is 5.96. The minimum Gasteiger partial charge on any atom is -0.392 e. The van der Waals surface area contributed by atoms with E-state index in [1.165, 1.54) is 38.9 Å². The molecule has 2 rings (SSSR count). The Morgan fingerprint density at radius 2 is 2.06 bits per heavy atom. The number of rotatable bonds is 3. The van der Waals surface area contributed by atoms with Crippen molar-refractivity contribution >= 4 is 24.8 Å². The van der Waals surface area contributed by atoms with E-state index in [2.05, 4.69) is 10.2 Å². The molecular formula is C11H24Cl2N2O. The molecule has 5 heteroatoms. The Morgan fingerprint density at radius 3 is 2.62 bits per heavy atom. The molecule has 0 bridgehead atoms. The van der Waals surface area contributed by atoms with Gasteiger partial charge in [0.25, 0.3) is 0 Å². The molecule has 0 saturated carbocycles. The van der Waals surface area contributed by atoms with Gasteiger partial charge in [0.2, 0.25) is 0 Å². The molecule has 0 aromatic heterocycles. The summed E-state index contributed by atoms with van der Waals surface area (Å²) in [4.78, 5) is 2.40. The van der Waals surface area contributed by atoms with E-state index in [9.17, 15) is 5.11 Å². The standard InChI is InChI=1S/C11H22N2O.2ClH/c14-11-4-7-13(9-11)6-3-10-2-1-5-12-8-10;;/h10-12,14H,1-9H2;2*1H. The van der Waals surface area contributed by atoms with Gasteiger partial charge in [-0.2, -0.15) is 0 Å². The maximum Gasteiger partial charge on any atom is 0.0679 e. The fourth-order valence-corrected chi connectivity index (χ4v) is 2.55. The molecule has 2 fully saturated rings. The quantitative estimate of drug-likeness (QED) is 0.812. The van der Waals surface area contributed by atoms with Crippen LogP contribution in [0, 0.1) is 5.92 Å². The van der Waals surface area contributed by atoms with Crippen LogP contribution in [0.1, 0.15) is 25.7 Å². The Labute approximate surface area is 111 Å². The molecule has 0 amide bonds. The largest absolute Gasteiger partial charge is 0.392 e. The Hall–Kier alpha value is 0.460. The lowest BCUT2D eigenvalue weighted by molar-refractivity contribution is 0.172. The third kappa shape index (κ3) is 5.19. The van der Waals surface area contributed by atoms with Crippen LogP contribution in [0.3, 0.4) is 0 Å². The van der Waals surface area contributed by atoms with Gasteiger partial charge in [-0.25, -0.2) is 0 Å². The van der Waals surface area contributed by atoms with Gasteiger partial charge in [-0.1, -0.05) is 0 Å². The van der Waals surface area contributed by atoms with Gasteiger partial charge in [0, 0.05) is 13.1 Å². The van der Waals surface area contributed by atoms with Gasteiger partial charge in [-0.05, 0) is 51.2 Å². The number of halogens is 2. The molecule has 2 saturated heterocycles. The number of hydrogen-bond donors (Lipinski definition) is 2. The normalized spacial score (nSPS) is 30.6. The average Bonchev–Trinajstić information content (AvgIpc) is 2.63. The zero-order chi connectivity index (χ0) is 9.80. The number of nitrogens with zero attached hydrogens (tertiary/aromatic N) is 1. The van der Waals surface area contributed by atoms with Gasteiger partial charge in [0.15, 0.2) is 0 Å². The lowest BCUT2D eigenvalue weighted by Crippen LogP contribution is -2.32. The van der Waals surface area contributed by atoms with E-state index in [-0.39, 0.29) is 30.9 Å². The predicted molar refractivity (Wildman–Crippen MR) is 71.8 cm³/mol. The Balaban J connectivity index is 0.00000112. The van der Waals surface area contributed by atoms with E-state index in [0.29, 0.717) is 0 Å². The number of nitrogens with one attached hydrogen (secondary N) is 1. The van der Waals surface area contributed by atoms with Gasteiger partial charge in [0.05, 0.1) is 6.10 Å². The van der Waals surface area contributed by atoms with Gasteiger partial charge >= 0.3 is 0 Å². The summed E-state index contributed by atoms with van der Waals surface area (Å²) in [6.45, 7) is 5.60. The number of aliphatic hydroxyl groups is 1. The predicted octanol–water partition coefficient (Wildman–Crippen LogP) is 1.29. The average molecular weight is 271 g/mol. The van der Waals surface area contributed by atoms with Crippen LogP contribution in [0.4, 0.5) is 0 Å². The van der Waals surface area contributed by atoms with Crippen LogP contribution in [0.2, 0.25) is 0 Å². The van der Waals surface area contributed by atoms with Gasteiger partial charge in [-0.3, -0.25) is 0 Å². The Morgan fingerprint density at radius 1 is 1.25 bits per heavy atom. The van der Waals surface area contributed by atoms with E-state index >= 15 is 0 Å². The zero-order valence-corrected chi connectivity index (χ0v) is 11.4. The van der Waals surface area contributed by atoms with Crippen molar-refractivity contribution in [1.82, 2.24) is 10.2 Å². The molecule has 98 valence electrons. The van der Waals surface area contributed by atoms with Crippen molar-refractivity contribution in [1.29, 1.82) is 0 Å². The molecule has 0 aromatic rings. The molecule has 0 spiro atoms. The van der Waals surface area contributed by atoms with Crippen molar-refractivity contribution in [2.45, 2.75) is 31.8 Å². The summed E-state index contributed by atoms with van der Waals surface area (Å²) in [5.41, 5.74) is 0. The minimum absolute atomic E-state index is 0. The molecule has 3 nitrogen and oxygen atoms in total. The van der Waals surface area contributed by atoms with E-state index < -0.39 is 0 Å². The fourth-order valence-electron chi connectivity index (χ4n) is 2.55. The fraction of sp³-hybridized carbons (Fsp3) is 1.00. The van der Waals surface area contributed by atoms with Crippen LogP contribution in [0.15, 0.2) is 0 Å². The maximum atomic E-state index is 9.38. The summed E-state index contributed by atoms with van der Waals surface area (Å²) in [6.07, 6.45) is 4.96. The summed E-state index contributed by atoms with van der Waals surface area (Å²) in [6, 6.07) is 0. The van der Waals surface area contributed by atoms with Crippen LogP contribution < -0.4 is 5.32 Å². The monoisotopic (exact) mass is 270 g/mol. The Kier molecular flexibility index (Phi) is 8.78. The smallest absolute Gasteiger partial charge is 0.0679 e. The highest BCUT2D eigenvalue weighted by atomic mass is 35.5. The number of hydrogen-bond acceptors (Lipinski definition) is 3. The van der Waals surface area contributed by atoms with Gasteiger partial charge in [-0.15, -0.1) is 24.8 Å². The van der Waals surface area contributed by atoms with Crippen molar-refractivity contribution < 1.29 is 5.11 Å². The second kappa shape index (κ2) is 8.54. The van der Waals surface area contributed by atoms with Crippen molar-refractivity contribution in [3.8, 4) is 0 Å². The first-order chi connectivity index (χ1) is 6.84. The van der Waals surface area contributed by atoms with E-state index in [0.717, 1.165) is 25.4 Å². The molecule has 2 aliphatic heterocycles. The minimum atomic E-state index is -0.0560. The highest BCUT2D eigenvalue weighted by Crippen LogP contribution is 2.16. The number of aliphatic hydroxyl groups excluding tert-OH is 1. The summed E-state index contributed by atoms with van der Waals surface area (Å²) < 4.78 is 0. The molecule has 16 heavy (non-hydrogen) atoms. The van der Waals surface area contributed by atoms with E-state index in [4.69, 9.17) is 0 Å². The SMILES string of the molecule is Cl.Cl.OC1CCN(CCC2CCCNC2)C1. The van der Waals surface area contributed by atoms with Crippen LogP contribution in [0.5, 0.6) is 0 Å². The number of likely N-dealkylation sites (tertiary alicyclic amines) is 1. The van der Waals surface area contributed by atoms with Crippen LogP contribution in [-0.4, -0.2) is 48.8 Å². The first-order valence-electron chi connectivity index (χ1n) is 5.96. The van der Waals surface area contributed by atoms with Gasteiger partial charge in [0.1, 0.15) is 0 Å². The molecule has 2 heterocycles. The molecule has 2 aliphatic rings. The maximum absolute atomic E-state index is 9.38. The van der Waals surface area contributed by atoms with Crippen molar-refractivity contribution in [3.05, 3.63) is 0 Å². The van der Waals surface area contributed by atoms with Crippen molar-refractivity contribution in [2.24, 2.45) is 5.92 Å². The lowest BCUT2D eigenvalue weighted by atomic mass is 9.96. The van der Waals surface area contributed by atoms with Gasteiger partial charge < -0.3 is 15.3 Å². The molecule has 0 aliphatic carbocycles. The summed E-state index contributed by atoms with van der Waals surface area (Å²) >= 11 is 0. The lowest BCUT2D eigenvalue weighted by Gasteiger charge is -2.25. The molecule has 0 aromatic carbocycles. The van der Waals surface area contributed by atoms with Crippen LogP contribution in [-0.2, 0) is 0 Å². The Bertz CT molecular complexity index is 173. The molecule has 2 unspecified atom stereocenters. The van der Waals surface area contributed by atoms with E-state index in [1.54, 1.807) is 0 Å². The first kappa shape index (κ1) is 16.5. The number of β-amino-alcohol motifs (C(OH)–C–C–N with tert-alkyl or cyclic N) is 1. The number of piperidine rings is 1.